The lowest BCUT2D eigenvalue weighted by Crippen LogP contribution is -2.23. The molecule has 0 atom stereocenters. The Labute approximate surface area is 164 Å². The molecule has 0 spiro atoms. The summed E-state index contributed by atoms with van der Waals surface area (Å²) in [6.45, 7) is 0. The van der Waals surface area contributed by atoms with Crippen molar-refractivity contribution in [3.8, 4) is 22.5 Å². The molecule has 4 nitrogen and oxygen atoms in total. The van der Waals surface area contributed by atoms with Gasteiger partial charge in [0.05, 0.1) is 17.3 Å². The van der Waals surface area contributed by atoms with Gasteiger partial charge in [-0.3, -0.25) is 15.4 Å². The molecule has 136 valence electrons. The molecule has 3 N–H and O–H groups in total. The van der Waals surface area contributed by atoms with E-state index in [2.05, 4.69) is 9.97 Å². The highest BCUT2D eigenvalue weighted by Gasteiger charge is 2.25. The topological polar surface area (TPSA) is 75.7 Å². The number of hydrogen-bond acceptors (Lipinski definition) is 3. The molecule has 0 saturated carbocycles. The molecule has 0 aliphatic carbocycles. The molecular weight excluding hydrogens is 344 g/mol. The second kappa shape index (κ2) is 7.84. The fraction of sp³-hybridized carbons (Fsp3) is 0.0417. The number of nitrogens with one attached hydrogen (secondary N) is 1. The third-order valence-electron chi connectivity index (χ3n) is 4.71. The Morgan fingerprint density at radius 1 is 0.643 bits per heavy atom. The van der Waals surface area contributed by atoms with E-state index in [9.17, 15) is 0 Å². The van der Waals surface area contributed by atoms with Crippen LogP contribution in [0.1, 0.15) is 17.0 Å². The minimum Gasteiger partial charge on any atom is -0.387 e. The first kappa shape index (κ1) is 17.6. The van der Waals surface area contributed by atoms with E-state index in [0.717, 1.165) is 33.6 Å². The maximum atomic E-state index is 8.37. The summed E-state index contributed by atoms with van der Waals surface area (Å²) in [6, 6.07) is 27.7. The van der Waals surface area contributed by atoms with Gasteiger partial charge in [-0.05, 0) is 23.3 Å². The Morgan fingerprint density at radius 3 is 1.46 bits per heavy atom. The van der Waals surface area contributed by atoms with Gasteiger partial charge in [-0.25, -0.2) is 0 Å². The van der Waals surface area contributed by atoms with E-state index in [1.54, 1.807) is 12.4 Å². The van der Waals surface area contributed by atoms with Crippen LogP contribution in [0, 0.1) is 5.41 Å². The molecule has 4 rings (SSSR count). The van der Waals surface area contributed by atoms with Crippen LogP contribution in [0.15, 0.2) is 97.3 Å². The number of benzene rings is 2. The first-order chi connectivity index (χ1) is 13.8. The van der Waals surface area contributed by atoms with E-state index < -0.39 is 5.92 Å². The van der Waals surface area contributed by atoms with Gasteiger partial charge in [0, 0.05) is 23.5 Å². The summed E-state index contributed by atoms with van der Waals surface area (Å²) in [6.07, 6.45) is 3.54. The Morgan fingerprint density at radius 2 is 1.07 bits per heavy atom. The smallest absolute Gasteiger partial charge is 0.103 e. The zero-order chi connectivity index (χ0) is 19.3. The van der Waals surface area contributed by atoms with Gasteiger partial charge in [0.25, 0.3) is 0 Å². The van der Waals surface area contributed by atoms with Gasteiger partial charge in [-0.2, -0.15) is 0 Å². The Bertz CT molecular complexity index is 1010. The summed E-state index contributed by atoms with van der Waals surface area (Å²) in [4.78, 5) is 9.22. The van der Waals surface area contributed by atoms with Crippen LogP contribution in [0.2, 0.25) is 0 Å². The molecule has 0 bridgehead atoms. The molecule has 2 aromatic heterocycles. The zero-order valence-corrected chi connectivity index (χ0v) is 15.3. The normalized spacial score (nSPS) is 10.8. The highest BCUT2D eigenvalue weighted by molar-refractivity contribution is 5.92. The summed E-state index contributed by atoms with van der Waals surface area (Å²) in [5, 5.41) is 8.37. The van der Waals surface area contributed by atoms with E-state index in [0.29, 0.717) is 0 Å². The largest absolute Gasteiger partial charge is 0.387 e. The fourth-order valence-electron chi connectivity index (χ4n) is 3.48. The number of pyridine rings is 2. The lowest BCUT2D eigenvalue weighted by Gasteiger charge is -2.21. The number of nitrogens with zero attached hydrogens (tertiary/aromatic N) is 2. The minimum absolute atomic E-state index is 0.0652. The van der Waals surface area contributed by atoms with E-state index in [-0.39, 0.29) is 5.84 Å². The van der Waals surface area contributed by atoms with Gasteiger partial charge >= 0.3 is 0 Å². The van der Waals surface area contributed by atoms with Gasteiger partial charge in [0.1, 0.15) is 5.84 Å². The van der Waals surface area contributed by atoms with Crippen LogP contribution in [0.3, 0.4) is 0 Å². The Hall–Kier alpha value is -3.79. The number of amidine groups is 1. The number of hydrogen-bond donors (Lipinski definition) is 2. The van der Waals surface area contributed by atoms with E-state index in [1.165, 1.54) is 0 Å². The predicted molar refractivity (Wildman–Crippen MR) is 113 cm³/mol. The molecule has 4 aromatic rings. The van der Waals surface area contributed by atoms with Gasteiger partial charge in [0.15, 0.2) is 0 Å². The van der Waals surface area contributed by atoms with Crippen molar-refractivity contribution in [2.75, 3.05) is 0 Å². The van der Waals surface area contributed by atoms with Gasteiger partial charge in [-0.1, -0.05) is 72.8 Å². The molecule has 0 radical (unpaired) electrons. The molecule has 0 saturated heterocycles. The SMILES string of the molecule is N=C(N)C(c1cccnc1-c1ccccc1)c1cccnc1-c1ccccc1. The van der Waals surface area contributed by atoms with Crippen LogP contribution in [0.5, 0.6) is 0 Å². The molecule has 0 aliphatic rings. The molecule has 4 heteroatoms. The van der Waals surface area contributed by atoms with Crippen molar-refractivity contribution in [3.63, 3.8) is 0 Å². The average Bonchev–Trinajstić information content (AvgIpc) is 2.76. The van der Waals surface area contributed by atoms with Crippen molar-refractivity contribution in [1.29, 1.82) is 5.41 Å². The Balaban J connectivity index is 1.92. The van der Waals surface area contributed by atoms with Crippen LogP contribution in [-0.4, -0.2) is 15.8 Å². The van der Waals surface area contributed by atoms with Crippen LogP contribution in [0.25, 0.3) is 22.5 Å². The monoisotopic (exact) mass is 364 g/mol. The van der Waals surface area contributed by atoms with Crippen molar-refractivity contribution in [2.24, 2.45) is 5.73 Å². The summed E-state index contributed by atoms with van der Waals surface area (Å²) in [5.74, 6) is -0.372. The van der Waals surface area contributed by atoms with Gasteiger partial charge in [-0.15, -0.1) is 0 Å². The summed E-state index contributed by atoms with van der Waals surface area (Å²) in [7, 11) is 0. The average molecular weight is 364 g/mol. The lowest BCUT2D eigenvalue weighted by atomic mass is 9.85. The first-order valence-corrected chi connectivity index (χ1v) is 9.10. The Kier molecular flexibility index (Phi) is 4.93. The van der Waals surface area contributed by atoms with Crippen molar-refractivity contribution in [1.82, 2.24) is 9.97 Å². The van der Waals surface area contributed by atoms with Crippen molar-refractivity contribution in [2.45, 2.75) is 5.92 Å². The summed E-state index contributed by atoms with van der Waals surface area (Å²) >= 11 is 0. The van der Waals surface area contributed by atoms with Crippen LogP contribution in [-0.2, 0) is 0 Å². The lowest BCUT2D eigenvalue weighted by molar-refractivity contribution is 1.02. The molecule has 0 fully saturated rings. The second-order valence-corrected chi connectivity index (χ2v) is 6.50. The summed E-state index contributed by atoms with van der Waals surface area (Å²) < 4.78 is 0. The fourth-order valence-corrected chi connectivity index (χ4v) is 3.48. The number of rotatable bonds is 5. The molecule has 2 aromatic carbocycles. The van der Waals surface area contributed by atoms with Crippen LogP contribution in [0.4, 0.5) is 0 Å². The highest BCUT2D eigenvalue weighted by Crippen LogP contribution is 2.36. The predicted octanol–water partition coefficient (Wildman–Crippen LogP) is 4.88. The molecule has 0 amide bonds. The minimum atomic E-state index is -0.437. The second-order valence-electron chi connectivity index (χ2n) is 6.50. The van der Waals surface area contributed by atoms with Gasteiger partial charge < -0.3 is 5.73 Å². The molecule has 2 heterocycles. The van der Waals surface area contributed by atoms with Gasteiger partial charge in [0.2, 0.25) is 0 Å². The van der Waals surface area contributed by atoms with E-state index in [4.69, 9.17) is 11.1 Å². The van der Waals surface area contributed by atoms with E-state index in [1.807, 2.05) is 84.9 Å². The molecular formula is C24H20N4. The van der Waals surface area contributed by atoms with Crippen LogP contribution >= 0.6 is 0 Å². The van der Waals surface area contributed by atoms with Crippen molar-refractivity contribution in [3.05, 3.63) is 108 Å². The summed E-state index contributed by atoms with van der Waals surface area (Å²) in [5.41, 5.74) is 11.6. The third kappa shape index (κ3) is 3.40. The first-order valence-electron chi connectivity index (χ1n) is 9.10. The molecule has 0 unspecified atom stereocenters. The van der Waals surface area contributed by atoms with Crippen LogP contribution < -0.4 is 5.73 Å². The highest BCUT2D eigenvalue weighted by atomic mass is 14.8. The quantitative estimate of drug-likeness (QED) is 0.391. The third-order valence-corrected chi connectivity index (χ3v) is 4.71. The zero-order valence-electron chi connectivity index (χ0n) is 15.3. The number of aromatic nitrogens is 2. The maximum absolute atomic E-state index is 8.37. The van der Waals surface area contributed by atoms with E-state index >= 15 is 0 Å². The number of nitrogens with two attached hydrogens (primary N) is 1. The molecule has 28 heavy (non-hydrogen) atoms. The van der Waals surface area contributed by atoms with Crippen molar-refractivity contribution < 1.29 is 0 Å². The van der Waals surface area contributed by atoms with Crippen molar-refractivity contribution >= 4 is 5.84 Å². The standard InChI is InChI=1S/C24H20N4/c25-24(26)21(19-13-7-15-27-22(19)17-9-3-1-4-10-17)20-14-8-16-28-23(20)18-11-5-2-6-12-18/h1-16,21H,(H3,25,26). The molecule has 0 aliphatic heterocycles. The maximum Gasteiger partial charge on any atom is 0.103 e.